The number of nitrogens with one attached hydrogen (secondary N) is 1. The van der Waals surface area contributed by atoms with Crippen LogP contribution < -0.4 is 5.32 Å². The predicted octanol–water partition coefficient (Wildman–Crippen LogP) is 3.54. The molecule has 1 aliphatic carbocycles. The number of carbonyl (C=O) groups is 1. The summed E-state index contributed by atoms with van der Waals surface area (Å²) in [5.74, 6) is 1.15. The first-order chi connectivity index (χ1) is 10.3. The van der Waals surface area contributed by atoms with Crippen LogP contribution in [0.5, 0.6) is 0 Å². The maximum Gasteiger partial charge on any atom is 0.223 e. The van der Waals surface area contributed by atoms with Gasteiger partial charge in [-0.1, -0.05) is 25.3 Å². The summed E-state index contributed by atoms with van der Waals surface area (Å²) in [6, 6.07) is 7.62. The van der Waals surface area contributed by atoms with Crippen molar-refractivity contribution >= 4 is 5.91 Å². The van der Waals surface area contributed by atoms with Crippen LogP contribution in [0.4, 0.5) is 0 Å². The van der Waals surface area contributed by atoms with Gasteiger partial charge in [-0.3, -0.25) is 9.78 Å². The molecule has 2 heterocycles. The topological polar surface area (TPSA) is 55.1 Å². The van der Waals surface area contributed by atoms with Gasteiger partial charge in [-0.05, 0) is 36.6 Å². The van der Waals surface area contributed by atoms with Gasteiger partial charge in [0.25, 0.3) is 0 Å². The zero-order chi connectivity index (χ0) is 14.5. The summed E-state index contributed by atoms with van der Waals surface area (Å²) in [5, 5.41) is 3.02. The predicted molar refractivity (Wildman–Crippen MR) is 80.4 cm³/mol. The Morgan fingerprint density at radius 1 is 1.24 bits per heavy atom. The third-order valence-electron chi connectivity index (χ3n) is 4.04. The molecule has 1 N–H and O–H groups in total. The van der Waals surface area contributed by atoms with E-state index in [-0.39, 0.29) is 11.8 Å². The number of carbonyl (C=O) groups excluding carboxylic acids is 1. The monoisotopic (exact) mass is 284 g/mol. The molecule has 2 aromatic heterocycles. The van der Waals surface area contributed by atoms with Crippen molar-refractivity contribution in [1.82, 2.24) is 10.3 Å². The lowest BCUT2D eigenvalue weighted by Gasteiger charge is -2.20. The molecule has 0 unspecified atom stereocenters. The number of aromatic nitrogens is 1. The zero-order valence-electron chi connectivity index (χ0n) is 12.0. The molecule has 1 amide bonds. The van der Waals surface area contributed by atoms with Crippen molar-refractivity contribution in [2.45, 2.75) is 38.6 Å². The first-order valence-electron chi connectivity index (χ1n) is 7.59. The Balaban J connectivity index is 1.54. The SMILES string of the molecule is O=C(NCc1ccc(-c2ccco2)nc1)C1CCCCC1. The van der Waals surface area contributed by atoms with Gasteiger partial charge in [0.15, 0.2) is 5.76 Å². The largest absolute Gasteiger partial charge is 0.463 e. The first-order valence-corrected chi connectivity index (χ1v) is 7.59. The zero-order valence-corrected chi connectivity index (χ0v) is 12.0. The van der Waals surface area contributed by atoms with Crippen LogP contribution in [0.2, 0.25) is 0 Å². The molecule has 1 fully saturated rings. The average molecular weight is 284 g/mol. The first kappa shape index (κ1) is 13.9. The Morgan fingerprint density at radius 2 is 2.10 bits per heavy atom. The van der Waals surface area contributed by atoms with E-state index in [9.17, 15) is 4.79 Å². The number of rotatable bonds is 4. The van der Waals surface area contributed by atoms with Gasteiger partial charge in [0.1, 0.15) is 5.69 Å². The Bertz CT molecular complexity index is 569. The van der Waals surface area contributed by atoms with E-state index >= 15 is 0 Å². The number of nitrogens with zero attached hydrogens (tertiary/aromatic N) is 1. The molecule has 4 nitrogen and oxygen atoms in total. The second-order valence-electron chi connectivity index (χ2n) is 5.58. The van der Waals surface area contributed by atoms with Gasteiger partial charge in [0.2, 0.25) is 5.91 Å². The van der Waals surface area contributed by atoms with Crippen molar-refractivity contribution in [3.8, 4) is 11.5 Å². The molecule has 3 rings (SSSR count). The number of furan rings is 1. The molecule has 0 atom stereocenters. The second-order valence-corrected chi connectivity index (χ2v) is 5.58. The molecule has 21 heavy (non-hydrogen) atoms. The van der Waals surface area contributed by atoms with Crippen molar-refractivity contribution in [1.29, 1.82) is 0 Å². The van der Waals surface area contributed by atoms with E-state index in [1.165, 1.54) is 19.3 Å². The minimum atomic E-state index is 0.185. The Hall–Kier alpha value is -2.10. The van der Waals surface area contributed by atoms with Crippen molar-refractivity contribution in [3.63, 3.8) is 0 Å². The van der Waals surface area contributed by atoms with E-state index in [2.05, 4.69) is 10.3 Å². The van der Waals surface area contributed by atoms with E-state index in [1.807, 2.05) is 24.3 Å². The lowest BCUT2D eigenvalue weighted by molar-refractivity contribution is -0.126. The van der Waals surface area contributed by atoms with Crippen LogP contribution in [0.15, 0.2) is 41.1 Å². The molecule has 0 radical (unpaired) electrons. The molecule has 0 aliphatic heterocycles. The minimum Gasteiger partial charge on any atom is -0.463 e. The fraction of sp³-hybridized carbons (Fsp3) is 0.412. The van der Waals surface area contributed by atoms with Crippen LogP contribution in [0, 0.1) is 5.92 Å². The highest BCUT2D eigenvalue weighted by Crippen LogP contribution is 2.23. The number of amides is 1. The van der Waals surface area contributed by atoms with Crippen molar-refractivity contribution in [3.05, 3.63) is 42.3 Å². The summed E-state index contributed by atoms with van der Waals surface area (Å²) in [6.07, 6.45) is 9.11. The maximum atomic E-state index is 12.1. The van der Waals surface area contributed by atoms with Crippen molar-refractivity contribution < 1.29 is 9.21 Å². The van der Waals surface area contributed by atoms with Crippen LogP contribution in [0.25, 0.3) is 11.5 Å². The van der Waals surface area contributed by atoms with Gasteiger partial charge < -0.3 is 9.73 Å². The van der Waals surface area contributed by atoms with Gasteiger partial charge in [0, 0.05) is 18.7 Å². The highest BCUT2D eigenvalue weighted by Gasteiger charge is 2.20. The van der Waals surface area contributed by atoms with E-state index in [4.69, 9.17) is 4.42 Å². The molecular weight excluding hydrogens is 264 g/mol. The van der Waals surface area contributed by atoms with E-state index in [1.54, 1.807) is 12.5 Å². The fourth-order valence-electron chi connectivity index (χ4n) is 2.80. The smallest absolute Gasteiger partial charge is 0.223 e. The highest BCUT2D eigenvalue weighted by atomic mass is 16.3. The van der Waals surface area contributed by atoms with E-state index in [0.717, 1.165) is 29.9 Å². The van der Waals surface area contributed by atoms with Gasteiger partial charge in [-0.15, -0.1) is 0 Å². The quantitative estimate of drug-likeness (QED) is 0.934. The molecule has 0 aromatic carbocycles. The molecule has 0 saturated heterocycles. The number of pyridine rings is 1. The van der Waals surface area contributed by atoms with Crippen LogP contribution >= 0.6 is 0 Å². The highest BCUT2D eigenvalue weighted by molar-refractivity contribution is 5.78. The molecular formula is C17H20N2O2. The Morgan fingerprint density at radius 3 is 2.76 bits per heavy atom. The summed E-state index contributed by atoms with van der Waals surface area (Å²) in [4.78, 5) is 16.4. The standard InChI is InChI=1S/C17H20N2O2/c20-17(14-5-2-1-3-6-14)19-12-13-8-9-15(18-11-13)16-7-4-10-21-16/h4,7-11,14H,1-3,5-6,12H2,(H,19,20). The van der Waals surface area contributed by atoms with Gasteiger partial charge in [0.05, 0.1) is 6.26 Å². The van der Waals surface area contributed by atoms with Crippen LogP contribution in [0.3, 0.4) is 0 Å². The third kappa shape index (κ3) is 3.51. The summed E-state index contributed by atoms with van der Waals surface area (Å²) in [6.45, 7) is 0.542. The normalized spacial score (nSPS) is 15.8. The summed E-state index contributed by atoms with van der Waals surface area (Å²) < 4.78 is 5.30. The minimum absolute atomic E-state index is 0.185. The average Bonchev–Trinajstić information content (AvgIpc) is 3.08. The molecule has 0 spiro atoms. The number of hydrogen-bond donors (Lipinski definition) is 1. The molecule has 110 valence electrons. The van der Waals surface area contributed by atoms with E-state index in [0.29, 0.717) is 6.54 Å². The molecule has 4 heteroatoms. The molecule has 0 bridgehead atoms. The van der Waals surface area contributed by atoms with Gasteiger partial charge >= 0.3 is 0 Å². The summed E-state index contributed by atoms with van der Waals surface area (Å²) in [5.41, 5.74) is 1.82. The van der Waals surface area contributed by atoms with Crippen molar-refractivity contribution in [2.75, 3.05) is 0 Å². The van der Waals surface area contributed by atoms with Crippen molar-refractivity contribution in [2.24, 2.45) is 5.92 Å². The lowest BCUT2D eigenvalue weighted by atomic mass is 9.88. The maximum absolute atomic E-state index is 12.1. The second kappa shape index (κ2) is 6.57. The molecule has 2 aromatic rings. The summed E-state index contributed by atoms with van der Waals surface area (Å²) >= 11 is 0. The van der Waals surface area contributed by atoms with E-state index < -0.39 is 0 Å². The van der Waals surface area contributed by atoms with Gasteiger partial charge in [-0.2, -0.15) is 0 Å². The van der Waals surface area contributed by atoms with Gasteiger partial charge in [-0.25, -0.2) is 0 Å². The molecule has 1 saturated carbocycles. The third-order valence-corrected chi connectivity index (χ3v) is 4.04. The van der Waals surface area contributed by atoms with Crippen LogP contribution in [-0.2, 0) is 11.3 Å². The molecule has 1 aliphatic rings. The van der Waals surface area contributed by atoms with Crippen LogP contribution in [0.1, 0.15) is 37.7 Å². The Labute approximate surface area is 124 Å². The lowest BCUT2D eigenvalue weighted by Crippen LogP contribution is -2.31. The number of hydrogen-bond acceptors (Lipinski definition) is 3. The summed E-state index contributed by atoms with van der Waals surface area (Å²) in [7, 11) is 0. The Kier molecular flexibility index (Phi) is 4.34. The fourth-order valence-corrected chi connectivity index (χ4v) is 2.80. The van der Waals surface area contributed by atoms with Crippen LogP contribution in [-0.4, -0.2) is 10.9 Å².